The van der Waals surface area contributed by atoms with Crippen molar-refractivity contribution >= 4 is 49.8 Å². The lowest BCUT2D eigenvalue weighted by atomic mass is 10.2. The first-order valence-electron chi connectivity index (χ1n) is 10.8. The van der Waals surface area contributed by atoms with Crippen molar-refractivity contribution in [1.82, 2.24) is 14.5 Å². The number of amides is 1. The molecule has 32 heavy (non-hydrogen) atoms. The third-order valence-corrected chi connectivity index (χ3v) is 9.00. The molecule has 2 fully saturated rings. The zero-order chi connectivity index (χ0) is 22.6. The lowest BCUT2D eigenvalue weighted by molar-refractivity contribution is -0.113. The smallest absolute Gasteiger partial charge is 0.243 e. The number of nitrogens with one attached hydrogen (secondary N) is 2. The Kier molecular flexibility index (Phi) is 7.54. The van der Waals surface area contributed by atoms with Crippen molar-refractivity contribution in [3.05, 3.63) is 18.2 Å². The molecule has 2 aliphatic rings. The van der Waals surface area contributed by atoms with Crippen molar-refractivity contribution < 1.29 is 17.9 Å². The van der Waals surface area contributed by atoms with Crippen LogP contribution in [-0.2, 0) is 14.8 Å². The Balaban J connectivity index is 1.42. The van der Waals surface area contributed by atoms with Gasteiger partial charge < -0.3 is 15.4 Å². The molecule has 9 nitrogen and oxygen atoms in total. The van der Waals surface area contributed by atoms with E-state index < -0.39 is 10.0 Å². The molecule has 1 aliphatic carbocycles. The fourth-order valence-electron chi connectivity index (χ4n) is 3.35. The summed E-state index contributed by atoms with van der Waals surface area (Å²) in [5.74, 6) is 0.304. The zero-order valence-corrected chi connectivity index (χ0v) is 20.3. The van der Waals surface area contributed by atoms with Gasteiger partial charge in [0.1, 0.15) is 5.75 Å². The molecule has 0 atom stereocenters. The van der Waals surface area contributed by atoms with Crippen molar-refractivity contribution in [1.29, 1.82) is 0 Å². The topological polar surface area (TPSA) is 114 Å². The highest BCUT2D eigenvalue weighted by molar-refractivity contribution is 8.01. The molecule has 1 aromatic carbocycles. The second-order valence-electron chi connectivity index (χ2n) is 7.68. The van der Waals surface area contributed by atoms with Crippen molar-refractivity contribution in [2.45, 2.75) is 54.3 Å². The average Bonchev–Trinajstić information content (AvgIpc) is 3.49. The summed E-state index contributed by atoms with van der Waals surface area (Å²) in [5.41, 5.74) is 0.351. The van der Waals surface area contributed by atoms with Gasteiger partial charge in [0.25, 0.3) is 0 Å². The molecule has 1 aliphatic heterocycles. The molecule has 174 valence electrons. The minimum atomic E-state index is -3.61. The van der Waals surface area contributed by atoms with E-state index in [2.05, 4.69) is 20.8 Å². The summed E-state index contributed by atoms with van der Waals surface area (Å²) in [5, 5.41) is 15.1. The number of rotatable bonds is 10. The van der Waals surface area contributed by atoms with Crippen LogP contribution >= 0.6 is 23.1 Å². The number of ether oxygens (including phenoxy) is 1. The van der Waals surface area contributed by atoms with Gasteiger partial charge in [0.05, 0.1) is 22.9 Å². The summed E-state index contributed by atoms with van der Waals surface area (Å²) in [6.45, 7) is 3.28. The summed E-state index contributed by atoms with van der Waals surface area (Å²) in [7, 11) is -3.61. The fourth-order valence-corrected chi connectivity index (χ4v) is 6.52. The number of aromatic nitrogens is 2. The Bertz CT molecular complexity index is 1050. The quantitative estimate of drug-likeness (QED) is 0.480. The Morgan fingerprint density at radius 2 is 2.03 bits per heavy atom. The number of hydrogen-bond acceptors (Lipinski definition) is 9. The number of carbonyl (C=O) groups is 1. The highest BCUT2D eigenvalue weighted by atomic mass is 32.2. The molecule has 0 spiro atoms. The first-order valence-corrected chi connectivity index (χ1v) is 14.0. The maximum Gasteiger partial charge on any atom is 0.243 e. The predicted octanol–water partition coefficient (Wildman–Crippen LogP) is 3.42. The minimum absolute atomic E-state index is 0.132. The maximum absolute atomic E-state index is 13.0. The van der Waals surface area contributed by atoms with Gasteiger partial charge in [0, 0.05) is 19.1 Å². The van der Waals surface area contributed by atoms with Gasteiger partial charge in [-0.05, 0) is 50.8 Å². The standard InChI is InChI=1S/C20H27N5O4S3/c1-2-29-17-9-8-15(32(27,28)25-10-4-3-5-11-25)12-16(17)22-18(26)13-30-20-24-23-19(31-20)21-14-6-7-14/h8-9,12,14H,2-7,10-11,13H2,1H3,(H,21,23)(H,22,26). The van der Waals surface area contributed by atoms with Crippen LogP contribution < -0.4 is 15.4 Å². The largest absolute Gasteiger partial charge is 0.492 e. The lowest BCUT2D eigenvalue weighted by Gasteiger charge is -2.26. The number of thioether (sulfide) groups is 1. The highest BCUT2D eigenvalue weighted by Crippen LogP contribution is 2.32. The van der Waals surface area contributed by atoms with Gasteiger partial charge in [-0.15, -0.1) is 10.2 Å². The molecule has 0 unspecified atom stereocenters. The second-order valence-corrected chi connectivity index (χ2v) is 11.8. The second kappa shape index (κ2) is 10.4. The molecule has 1 saturated carbocycles. The Morgan fingerprint density at radius 3 is 2.75 bits per heavy atom. The molecule has 0 bridgehead atoms. The number of sulfonamides is 1. The molecule has 12 heteroatoms. The molecule has 1 aromatic heterocycles. The number of piperidine rings is 1. The summed E-state index contributed by atoms with van der Waals surface area (Å²) in [6.07, 6.45) is 5.07. The van der Waals surface area contributed by atoms with Crippen LogP contribution in [0.25, 0.3) is 0 Å². The minimum Gasteiger partial charge on any atom is -0.492 e. The zero-order valence-electron chi connectivity index (χ0n) is 17.9. The number of carbonyl (C=O) groups excluding carboxylic acids is 1. The van der Waals surface area contributed by atoms with E-state index in [-0.39, 0.29) is 16.6 Å². The van der Waals surface area contributed by atoms with E-state index in [9.17, 15) is 13.2 Å². The van der Waals surface area contributed by atoms with E-state index >= 15 is 0 Å². The van der Waals surface area contributed by atoms with Crippen LogP contribution in [0.2, 0.25) is 0 Å². The first-order chi connectivity index (χ1) is 15.5. The van der Waals surface area contributed by atoms with Gasteiger partial charge in [-0.1, -0.05) is 29.5 Å². The molecule has 1 amide bonds. The van der Waals surface area contributed by atoms with Gasteiger partial charge in [0.15, 0.2) is 4.34 Å². The van der Waals surface area contributed by atoms with Crippen LogP contribution in [0, 0.1) is 0 Å². The van der Waals surface area contributed by atoms with Crippen LogP contribution in [0.1, 0.15) is 39.0 Å². The molecule has 2 aromatic rings. The molecule has 1 saturated heterocycles. The third-order valence-electron chi connectivity index (χ3n) is 5.12. The Morgan fingerprint density at radius 1 is 1.25 bits per heavy atom. The molecule has 4 rings (SSSR count). The normalized spacial score (nSPS) is 17.2. The van der Waals surface area contributed by atoms with Crippen LogP contribution in [0.3, 0.4) is 0 Å². The van der Waals surface area contributed by atoms with Crippen molar-refractivity contribution in [3.8, 4) is 5.75 Å². The van der Waals surface area contributed by atoms with Gasteiger partial charge in [-0.2, -0.15) is 4.31 Å². The van der Waals surface area contributed by atoms with Gasteiger partial charge in [-0.25, -0.2) is 8.42 Å². The van der Waals surface area contributed by atoms with E-state index in [1.165, 1.54) is 39.5 Å². The lowest BCUT2D eigenvalue weighted by Crippen LogP contribution is -2.35. The van der Waals surface area contributed by atoms with Crippen LogP contribution in [0.15, 0.2) is 27.4 Å². The van der Waals surface area contributed by atoms with E-state index in [1.54, 1.807) is 6.07 Å². The SMILES string of the molecule is CCOc1ccc(S(=O)(=O)N2CCCCC2)cc1NC(=O)CSc1nnc(NC2CC2)s1. The van der Waals surface area contributed by atoms with E-state index in [0.29, 0.717) is 41.5 Å². The van der Waals surface area contributed by atoms with Crippen LogP contribution in [-0.4, -0.2) is 60.3 Å². The van der Waals surface area contributed by atoms with Gasteiger partial charge in [-0.3, -0.25) is 4.79 Å². The van der Waals surface area contributed by atoms with Crippen molar-refractivity contribution in [2.75, 3.05) is 36.1 Å². The molecule has 2 heterocycles. The van der Waals surface area contributed by atoms with E-state index in [0.717, 1.165) is 37.2 Å². The monoisotopic (exact) mass is 497 g/mol. The number of hydrogen-bond donors (Lipinski definition) is 2. The van der Waals surface area contributed by atoms with E-state index in [4.69, 9.17) is 4.74 Å². The van der Waals surface area contributed by atoms with Crippen LogP contribution in [0.5, 0.6) is 5.75 Å². The molecule has 0 radical (unpaired) electrons. The summed E-state index contributed by atoms with van der Waals surface area (Å²) in [4.78, 5) is 12.8. The van der Waals surface area contributed by atoms with Crippen molar-refractivity contribution in [3.63, 3.8) is 0 Å². The fraction of sp³-hybridized carbons (Fsp3) is 0.550. The average molecular weight is 498 g/mol. The Hall–Kier alpha value is -1.89. The predicted molar refractivity (Wildman–Crippen MR) is 126 cm³/mol. The summed E-state index contributed by atoms with van der Waals surface area (Å²) in [6, 6.07) is 5.12. The number of nitrogens with zero attached hydrogens (tertiary/aromatic N) is 3. The molecular weight excluding hydrogens is 470 g/mol. The number of benzene rings is 1. The Labute approximate surface area is 196 Å². The van der Waals surface area contributed by atoms with Gasteiger partial charge >= 0.3 is 0 Å². The summed E-state index contributed by atoms with van der Waals surface area (Å²) < 4.78 is 33.9. The first kappa shape index (κ1) is 23.3. The van der Waals surface area contributed by atoms with Crippen molar-refractivity contribution in [2.24, 2.45) is 0 Å². The molecule has 2 N–H and O–H groups in total. The van der Waals surface area contributed by atoms with Gasteiger partial charge in [0.2, 0.25) is 21.1 Å². The maximum atomic E-state index is 13.0. The number of anilines is 2. The highest BCUT2D eigenvalue weighted by Gasteiger charge is 2.27. The molecular formula is C20H27N5O4S3. The summed E-state index contributed by atoms with van der Waals surface area (Å²) >= 11 is 2.72. The van der Waals surface area contributed by atoms with E-state index in [1.807, 2.05) is 6.92 Å². The third kappa shape index (κ3) is 5.91. The van der Waals surface area contributed by atoms with Crippen LogP contribution in [0.4, 0.5) is 10.8 Å².